The van der Waals surface area contributed by atoms with Crippen LogP contribution in [-0.4, -0.2) is 66.0 Å². The Morgan fingerprint density at radius 2 is 1.73 bits per heavy atom. The minimum Gasteiger partial charge on any atom is -0.395 e. The number of anilines is 1. The molecule has 1 aliphatic heterocycles. The third kappa shape index (κ3) is 7.88. The van der Waals surface area contributed by atoms with Gasteiger partial charge in [-0.1, -0.05) is 36.0 Å². The third-order valence-electron chi connectivity index (χ3n) is 5.27. The van der Waals surface area contributed by atoms with Crippen molar-refractivity contribution in [2.45, 2.75) is 19.0 Å². The summed E-state index contributed by atoms with van der Waals surface area (Å²) in [5, 5.41) is 23.7. The Hall–Kier alpha value is -2.88. The van der Waals surface area contributed by atoms with E-state index in [4.69, 9.17) is 0 Å². The zero-order chi connectivity index (χ0) is 23.5. The van der Waals surface area contributed by atoms with E-state index in [2.05, 4.69) is 15.2 Å². The number of aliphatic hydroxyl groups excluding tert-OH is 2. The molecule has 0 saturated carbocycles. The molecule has 3 rings (SSSR count). The maximum absolute atomic E-state index is 12.0. The summed E-state index contributed by atoms with van der Waals surface area (Å²) in [5.41, 5.74) is 3.12. The highest BCUT2D eigenvalue weighted by molar-refractivity contribution is 8.14. The molecule has 1 aliphatic rings. The second kappa shape index (κ2) is 13.0. The average Bonchev–Trinajstić information content (AvgIpc) is 3.28. The second-order valence-electron chi connectivity index (χ2n) is 7.67. The number of nitrogens with zero attached hydrogens (tertiary/aromatic N) is 2. The summed E-state index contributed by atoms with van der Waals surface area (Å²) in [6.07, 6.45) is 8.92. The second-order valence-corrected chi connectivity index (χ2v) is 8.66. The molecule has 2 amide bonds. The van der Waals surface area contributed by atoms with Gasteiger partial charge in [0.25, 0.3) is 5.24 Å². The first-order chi connectivity index (χ1) is 16.1. The Kier molecular flexibility index (Phi) is 9.74. The molecular weight excluding hydrogens is 440 g/mol. The minimum atomic E-state index is -0.419. The van der Waals surface area contributed by atoms with Gasteiger partial charge in [0.1, 0.15) is 12.6 Å². The van der Waals surface area contributed by atoms with Gasteiger partial charge in [0.15, 0.2) is 12.4 Å². The number of aryl methyl sites for hydroxylation is 1. The first kappa shape index (κ1) is 24.8. The molecule has 1 saturated heterocycles. The summed E-state index contributed by atoms with van der Waals surface area (Å²) < 4.78 is 2.07. The van der Waals surface area contributed by atoms with Crippen LogP contribution in [0.4, 0.5) is 10.5 Å². The quantitative estimate of drug-likeness (QED) is 0.274. The van der Waals surface area contributed by atoms with Crippen LogP contribution in [-0.2, 0) is 11.3 Å². The van der Waals surface area contributed by atoms with E-state index in [1.165, 1.54) is 0 Å². The number of pyridine rings is 1. The molecule has 1 aromatic carbocycles. The van der Waals surface area contributed by atoms with E-state index in [1.807, 2.05) is 65.8 Å². The van der Waals surface area contributed by atoms with Crippen LogP contribution in [0.3, 0.4) is 0 Å². The van der Waals surface area contributed by atoms with Crippen LogP contribution in [0.25, 0.3) is 12.2 Å². The van der Waals surface area contributed by atoms with Crippen molar-refractivity contribution in [2.24, 2.45) is 0 Å². The van der Waals surface area contributed by atoms with Gasteiger partial charge in [0, 0.05) is 49.6 Å². The molecule has 9 heteroatoms. The van der Waals surface area contributed by atoms with Gasteiger partial charge in [-0.2, -0.15) is 0 Å². The Morgan fingerprint density at radius 3 is 2.30 bits per heavy atom. The monoisotopic (exact) mass is 471 g/mol. The van der Waals surface area contributed by atoms with Gasteiger partial charge >= 0.3 is 0 Å². The standard InChI is InChI=1S/C24H30N4O4S/c29-16-14-28(15-17-30)21-6-4-19(5-7-21)2-3-20-8-12-27(13-9-20)11-1-10-25-23(31)22-18-33-24(32)26-22/h2-9,12-13,22,29-30H,1,10-11,14-18H2,(H-,25,26,31,32)/p+1. The number of carbonyl (C=O) groups is 2. The van der Waals surface area contributed by atoms with Crippen LogP contribution in [0.15, 0.2) is 48.8 Å². The molecule has 8 nitrogen and oxygen atoms in total. The number of amides is 2. The maximum Gasteiger partial charge on any atom is 0.279 e. The zero-order valence-corrected chi connectivity index (χ0v) is 19.3. The number of carbonyl (C=O) groups excluding carboxylic acids is 2. The van der Waals surface area contributed by atoms with Gasteiger partial charge in [-0.25, -0.2) is 4.57 Å². The Labute approximate surface area is 198 Å². The van der Waals surface area contributed by atoms with Crippen molar-refractivity contribution in [3.63, 3.8) is 0 Å². The van der Waals surface area contributed by atoms with Crippen molar-refractivity contribution in [1.82, 2.24) is 10.6 Å². The van der Waals surface area contributed by atoms with Gasteiger partial charge in [0.05, 0.1) is 13.2 Å². The van der Waals surface area contributed by atoms with Gasteiger partial charge < -0.3 is 25.7 Å². The molecule has 4 N–H and O–H groups in total. The number of benzene rings is 1. The van der Waals surface area contributed by atoms with Crippen LogP contribution >= 0.6 is 11.8 Å². The van der Waals surface area contributed by atoms with Crippen molar-refractivity contribution in [3.05, 3.63) is 59.9 Å². The summed E-state index contributed by atoms with van der Waals surface area (Å²) in [5.74, 6) is 0.367. The highest BCUT2D eigenvalue weighted by Gasteiger charge is 2.27. The van der Waals surface area contributed by atoms with Crippen LogP contribution in [0, 0.1) is 0 Å². The van der Waals surface area contributed by atoms with Crippen molar-refractivity contribution < 1.29 is 24.4 Å². The largest absolute Gasteiger partial charge is 0.395 e. The van der Waals surface area contributed by atoms with Gasteiger partial charge in [-0.3, -0.25) is 9.59 Å². The Bertz CT molecular complexity index is 928. The molecule has 176 valence electrons. The van der Waals surface area contributed by atoms with Crippen molar-refractivity contribution >= 4 is 40.7 Å². The van der Waals surface area contributed by atoms with E-state index in [9.17, 15) is 19.8 Å². The molecule has 2 aromatic rings. The number of hydrogen-bond donors (Lipinski definition) is 4. The minimum absolute atomic E-state index is 0.0453. The Balaban J connectivity index is 1.43. The van der Waals surface area contributed by atoms with E-state index in [0.717, 1.165) is 41.5 Å². The predicted octanol–water partition coefficient (Wildman–Crippen LogP) is 1.27. The fourth-order valence-electron chi connectivity index (χ4n) is 3.45. The topological polar surface area (TPSA) is 106 Å². The number of aliphatic hydroxyl groups is 2. The molecule has 1 atom stereocenters. The van der Waals surface area contributed by atoms with Crippen LogP contribution in [0.1, 0.15) is 17.5 Å². The summed E-state index contributed by atoms with van der Waals surface area (Å²) in [7, 11) is 0. The number of aromatic nitrogens is 1. The molecule has 1 fully saturated rings. The summed E-state index contributed by atoms with van der Waals surface area (Å²) in [6.45, 7) is 2.42. The normalized spacial score (nSPS) is 15.6. The van der Waals surface area contributed by atoms with E-state index in [-0.39, 0.29) is 24.4 Å². The first-order valence-corrected chi connectivity index (χ1v) is 12.0. The van der Waals surface area contributed by atoms with Gasteiger partial charge in [0.2, 0.25) is 5.91 Å². The molecule has 1 unspecified atom stereocenters. The predicted molar refractivity (Wildman–Crippen MR) is 131 cm³/mol. The molecule has 2 heterocycles. The van der Waals surface area contributed by atoms with Crippen molar-refractivity contribution in [3.8, 4) is 0 Å². The van der Waals surface area contributed by atoms with Gasteiger partial charge in [-0.15, -0.1) is 0 Å². The van der Waals surface area contributed by atoms with Crippen LogP contribution in [0.5, 0.6) is 0 Å². The molecular formula is C24H31N4O4S+. The SMILES string of the molecule is O=C1NC(C(=O)NCCC[n+]2ccc(/C=C/c3ccc(N(CCO)CCO)cc3)cc2)CS1. The van der Waals surface area contributed by atoms with Crippen LogP contribution in [0.2, 0.25) is 0 Å². The maximum atomic E-state index is 12.0. The lowest BCUT2D eigenvalue weighted by Crippen LogP contribution is -2.44. The fraction of sp³-hybridized carbons (Fsp3) is 0.375. The first-order valence-electron chi connectivity index (χ1n) is 11.0. The summed E-state index contributed by atoms with van der Waals surface area (Å²) in [4.78, 5) is 25.1. The van der Waals surface area contributed by atoms with Crippen molar-refractivity contribution in [2.75, 3.05) is 43.5 Å². The third-order valence-corrected chi connectivity index (χ3v) is 6.15. The highest BCUT2D eigenvalue weighted by atomic mass is 32.2. The number of hydrogen-bond acceptors (Lipinski definition) is 6. The van der Waals surface area contributed by atoms with E-state index >= 15 is 0 Å². The molecule has 33 heavy (non-hydrogen) atoms. The molecule has 0 bridgehead atoms. The zero-order valence-electron chi connectivity index (χ0n) is 18.5. The van der Waals surface area contributed by atoms with Crippen molar-refractivity contribution in [1.29, 1.82) is 0 Å². The fourth-order valence-corrected chi connectivity index (χ4v) is 4.23. The lowest BCUT2D eigenvalue weighted by molar-refractivity contribution is -0.697. The number of thioether (sulfide) groups is 1. The molecule has 0 aliphatic carbocycles. The molecule has 1 aromatic heterocycles. The average molecular weight is 472 g/mol. The highest BCUT2D eigenvalue weighted by Crippen LogP contribution is 2.16. The smallest absolute Gasteiger partial charge is 0.279 e. The Morgan fingerprint density at radius 1 is 1.09 bits per heavy atom. The number of rotatable bonds is 12. The number of nitrogens with one attached hydrogen (secondary N) is 2. The molecule has 0 radical (unpaired) electrons. The van der Waals surface area contributed by atoms with E-state index < -0.39 is 6.04 Å². The summed E-state index contributed by atoms with van der Waals surface area (Å²) >= 11 is 1.14. The lowest BCUT2D eigenvalue weighted by atomic mass is 10.1. The van der Waals surface area contributed by atoms with Gasteiger partial charge in [-0.05, 0) is 23.3 Å². The van der Waals surface area contributed by atoms with Crippen LogP contribution < -0.4 is 20.1 Å². The lowest BCUT2D eigenvalue weighted by Gasteiger charge is -2.22. The summed E-state index contributed by atoms with van der Waals surface area (Å²) in [6, 6.07) is 11.7. The molecule has 0 spiro atoms. The van der Waals surface area contributed by atoms with E-state index in [1.54, 1.807) is 0 Å². The van der Waals surface area contributed by atoms with E-state index in [0.29, 0.717) is 25.4 Å².